The first-order valence-electron chi connectivity index (χ1n) is 10.7. The van der Waals surface area contributed by atoms with Crippen molar-refractivity contribution in [2.75, 3.05) is 39.8 Å². The number of rotatable bonds is 5. The second-order valence-electron chi connectivity index (χ2n) is 8.16. The van der Waals surface area contributed by atoms with E-state index < -0.39 is 17.8 Å². The summed E-state index contributed by atoms with van der Waals surface area (Å²) in [5, 5.41) is 8.73. The fourth-order valence-corrected chi connectivity index (χ4v) is 5.66. The number of methoxy groups -OCH3 is 1. The van der Waals surface area contributed by atoms with Crippen LogP contribution >= 0.6 is 27.3 Å². The molecule has 2 N–H and O–H groups in total. The van der Waals surface area contributed by atoms with Crippen LogP contribution in [0.4, 0.5) is 9.18 Å². The maximum Gasteiger partial charge on any atom is 0.338 e. The number of ether oxygens (including phenoxy) is 1. The number of amidine groups is 1. The number of esters is 1. The van der Waals surface area contributed by atoms with E-state index in [1.165, 1.54) is 30.6 Å². The SMILES string of the molecule is COC(=O)C1=C(CN2CCN3C(=O)NC[C@H]3C2)NC(c2nccs2)=N[C@H]1c1ccc(F)cc1Br. The van der Waals surface area contributed by atoms with Gasteiger partial charge in [-0.05, 0) is 17.7 Å². The Morgan fingerprint density at radius 1 is 1.38 bits per heavy atom. The molecule has 0 bridgehead atoms. The second kappa shape index (κ2) is 9.43. The molecular formula is C22H22BrFN6O3S. The Hall–Kier alpha value is -2.83. The molecule has 2 atom stereocenters. The van der Waals surface area contributed by atoms with Gasteiger partial charge in [-0.25, -0.2) is 19.0 Å². The first kappa shape index (κ1) is 22.9. The number of carbonyl (C=O) groups excluding carboxylic acids is 2. The topological polar surface area (TPSA) is 99.2 Å². The molecule has 4 heterocycles. The van der Waals surface area contributed by atoms with Gasteiger partial charge in [-0.15, -0.1) is 11.3 Å². The van der Waals surface area contributed by atoms with Crippen LogP contribution in [0.5, 0.6) is 0 Å². The van der Waals surface area contributed by atoms with Crippen LogP contribution in [0.25, 0.3) is 0 Å². The first-order valence-corrected chi connectivity index (χ1v) is 12.4. The standard InChI is InChI=1S/C22H22BrFN6O3S/c1-33-21(31)17-16(11-29-5-6-30-13(10-29)9-26-22(30)32)27-19(20-25-4-7-34-20)28-18(17)14-3-2-12(24)8-15(14)23/h2-4,7-8,13,18H,5-6,9-11H2,1H3,(H,26,32)(H,27,28)/t13-,18-/m0/s1. The third kappa shape index (κ3) is 4.32. The lowest BCUT2D eigenvalue weighted by Gasteiger charge is -2.38. The van der Waals surface area contributed by atoms with Crippen molar-refractivity contribution in [1.29, 1.82) is 0 Å². The zero-order valence-corrected chi connectivity index (χ0v) is 20.7. The molecule has 3 aliphatic rings. The number of carbonyl (C=O) groups is 2. The van der Waals surface area contributed by atoms with Crippen molar-refractivity contribution in [2.24, 2.45) is 4.99 Å². The van der Waals surface area contributed by atoms with Crippen molar-refractivity contribution in [3.8, 4) is 0 Å². The summed E-state index contributed by atoms with van der Waals surface area (Å²) in [6.45, 7) is 2.98. The fraction of sp³-hybridized carbons (Fsp3) is 0.364. The highest BCUT2D eigenvalue weighted by molar-refractivity contribution is 9.10. The molecule has 5 rings (SSSR count). The van der Waals surface area contributed by atoms with E-state index in [0.29, 0.717) is 64.9 Å². The van der Waals surface area contributed by atoms with Gasteiger partial charge in [0, 0.05) is 54.5 Å². The van der Waals surface area contributed by atoms with Gasteiger partial charge in [-0.2, -0.15) is 0 Å². The van der Waals surface area contributed by atoms with Crippen LogP contribution < -0.4 is 10.6 Å². The molecule has 2 saturated heterocycles. The van der Waals surface area contributed by atoms with Crippen LogP contribution in [0, 0.1) is 5.82 Å². The highest BCUT2D eigenvalue weighted by Crippen LogP contribution is 2.37. The maximum absolute atomic E-state index is 13.8. The molecule has 2 fully saturated rings. The van der Waals surface area contributed by atoms with Crippen LogP contribution in [-0.2, 0) is 9.53 Å². The lowest BCUT2D eigenvalue weighted by Crippen LogP contribution is -2.53. The summed E-state index contributed by atoms with van der Waals surface area (Å²) < 4.78 is 19.5. The van der Waals surface area contributed by atoms with E-state index in [1.54, 1.807) is 12.3 Å². The van der Waals surface area contributed by atoms with E-state index in [0.717, 1.165) is 0 Å². The van der Waals surface area contributed by atoms with E-state index in [4.69, 9.17) is 9.73 Å². The summed E-state index contributed by atoms with van der Waals surface area (Å²) in [6.07, 6.45) is 1.69. The predicted molar refractivity (Wildman–Crippen MR) is 128 cm³/mol. The Kier molecular flexibility index (Phi) is 6.36. The maximum atomic E-state index is 13.8. The molecule has 2 amide bonds. The Morgan fingerprint density at radius 2 is 2.24 bits per heavy atom. The molecule has 12 heteroatoms. The molecule has 9 nitrogen and oxygen atoms in total. The van der Waals surface area contributed by atoms with Gasteiger partial charge in [-0.3, -0.25) is 9.89 Å². The minimum atomic E-state index is -0.714. The third-order valence-corrected chi connectivity index (χ3v) is 7.59. The zero-order valence-electron chi connectivity index (χ0n) is 18.3. The molecule has 1 aromatic heterocycles. The summed E-state index contributed by atoms with van der Waals surface area (Å²) in [7, 11) is 1.33. The number of amides is 2. The molecule has 0 saturated carbocycles. The molecule has 3 aliphatic heterocycles. The quantitative estimate of drug-likeness (QED) is 0.556. The molecule has 2 aromatic rings. The number of aromatic nitrogens is 1. The molecular weight excluding hydrogens is 527 g/mol. The van der Waals surface area contributed by atoms with Gasteiger partial charge in [0.05, 0.1) is 18.7 Å². The number of benzene rings is 1. The van der Waals surface area contributed by atoms with Crippen molar-refractivity contribution in [3.05, 3.63) is 61.9 Å². The number of thiazole rings is 1. The van der Waals surface area contributed by atoms with Gasteiger partial charge < -0.3 is 20.3 Å². The number of halogens is 2. The second-order valence-corrected chi connectivity index (χ2v) is 9.91. The number of piperazine rings is 1. The molecule has 0 aliphatic carbocycles. The van der Waals surface area contributed by atoms with Crippen molar-refractivity contribution < 1.29 is 18.7 Å². The van der Waals surface area contributed by atoms with Gasteiger partial charge in [0.1, 0.15) is 11.9 Å². The van der Waals surface area contributed by atoms with Crippen molar-refractivity contribution >= 4 is 45.1 Å². The predicted octanol–water partition coefficient (Wildman–Crippen LogP) is 2.27. The largest absolute Gasteiger partial charge is 0.466 e. The average molecular weight is 549 g/mol. The number of aliphatic imine (C=N–C) groups is 1. The van der Waals surface area contributed by atoms with Crippen molar-refractivity contribution in [3.63, 3.8) is 0 Å². The van der Waals surface area contributed by atoms with E-state index in [1.807, 2.05) is 10.3 Å². The van der Waals surface area contributed by atoms with Crippen LogP contribution in [0.15, 0.2) is 50.5 Å². The zero-order chi connectivity index (χ0) is 23.8. The van der Waals surface area contributed by atoms with E-state index >= 15 is 0 Å². The Balaban J connectivity index is 1.54. The van der Waals surface area contributed by atoms with Crippen LogP contribution in [0.3, 0.4) is 0 Å². The van der Waals surface area contributed by atoms with Crippen LogP contribution in [-0.4, -0.2) is 78.5 Å². The summed E-state index contributed by atoms with van der Waals surface area (Å²) in [5.74, 6) is -0.368. The summed E-state index contributed by atoms with van der Waals surface area (Å²) in [5.41, 5.74) is 1.66. The molecule has 0 unspecified atom stereocenters. The number of nitrogens with zero attached hydrogens (tertiary/aromatic N) is 4. The summed E-state index contributed by atoms with van der Waals surface area (Å²) >= 11 is 4.86. The Morgan fingerprint density at radius 3 is 2.97 bits per heavy atom. The third-order valence-electron chi connectivity index (χ3n) is 6.12. The number of fused-ring (bicyclic) bond motifs is 1. The number of hydrogen-bond donors (Lipinski definition) is 2. The van der Waals surface area contributed by atoms with Crippen LogP contribution in [0.1, 0.15) is 16.6 Å². The summed E-state index contributed by atoms with van der Waals surface area (Å²) in [4.78, 5) is 38.2. The number of nitrogens with one attached hydrogen (secondary N) is 2. The highest BCUT2D eigenvalue weighted by Gasteiger charge is 2.38. The highest BCUT2D eigenvalue weighted by atomic mass is 79.9. The van der Waals surface area contributed by atoms with Gasteiger partial charge >= 0.3 is 12.0 Å². The van der Waals surface area contributed by atoms with E-state index in [-0.39, 0.29) is 12.1 Å². The smallest absolute Gasteiger partial charge is 0.338 e. The Bertz CT molecular complexity index is 1190. The lowest BCUT2D eigenvalue weighted by atomic mass is 9.95. The van der Waals surface area contributed by atoms with Crippen molar-refractivity contribution in [2.45, 2.75) is 12.1 Å². The van der Waals surface area contributed by atoms with Gasteiger partial charge in [0.25, 0.3) is 0 Å². The summed E-state index contributed by atoms with van der Waals surface area (Å²) in [6, 6.07) is 3.66. The van der Waals surface area contributed by atoms with Gasteiger partial charge in [-0.1, -0.05) is 22.0 Å². The molecule has 178 valence electrons. The average Bonchev–Trinajstić information content (AvgIpc) is 3.49. The minimum Gasteiger partial charge on any atom is -0.466 e. The lowest BCUT2D eigenvalue weighted by molar-refractivity contribution is -0.136. The molecule has 1 aromatic carbocycles. The van der Waals surface area contributed by atoms with Crippen molar-refractivity contribution in [1.82, 2.24) is 25.4 Å². The molecule has 0 radical (unpaired) electrons. The molecule has 0 spiro atoms. The number of urea groups is 1. The fourth-order valence-electron chi connectivity index (χ4n) is 4.50. The first-order chi connectivity index (χ1) is 16.4. The monoisotopic (exact) mass is 548 g/mol. The van der Waals surface area contributed by atoms with Gasteiger partial charge in [0.2, 0.25) is 0 Å². The normalized spacial score (nSPS) is 22.7. The van der Waals surface area contributed by atoms with Crippen LogP contribution in [0.2, 0.25) is 0 Å². The minimum absolute atomic E-state index is 0.0330. The Labute approximate surface area is 207 Å². The van der Waals surface area contributed by atoms with Gasteiger partial charge in [0.15, 0.2) is 10.8 Å². The molecule has 34 heavy (non-hydrogen) atoms. The van der Waals surface area contributed by atoms with E-state index in [9.17, 15) is 14.0 Å². The number of hydrogen-bond acceptors (Lipinski definition) is 8. The van der Waals surface area contributed by atoms with E-state index in [2.05, 4.69) is 36.4 Å².